The van der Waals surface area contributed by atoms with Crippen LogP contribution in [0.5, 0.6) is 0 Å². The molecule has 0 aromatic heterocycles. The Labute approximate surface area is 487 Å². The molecular weight excluding hydrogens is 1080 g/mol. The van der Waals surface area contributed by atoms with Crippen molar-refractivity contribution >= 4 is 5.97 Å². The molecule has 32 atom stereocenters. The summed E-state index contributed by atoms with van der Waals surface area (Å²) in [4.78, 5) is 14.7. The molecule has 16 saturated heterocycles. The van der Waals surface area contributed by atoms with E-state index in [1.54, 1.807) is 6.08 Å². The Kier molecular flexibility index (Phi) is 14.9. The Morgan fingerprint density at radius 2 is 1.30 bits per heavy atom. The highest BCUT2D eigenvalue weighted by molar-refractivity contribution is 5.70. The molecule has 0 radical (unpaired) electrons. The van der Waals surface area contributed by atoms with Crippen molar-refractivity contribution < 1.29 is 95.9 Å². The largest absolute Gasteiger partial charge is 0.459 e. The lowest BCUT2D eigenvalue weighted by Gasteiger charge is -2.50. The van der Waals surface area contributed by atoms with E-state index in [9.17, 15) is 20.1 Å². The van der Waals surface area contributed by atoms with Gasteiger partial charge in [-0.2, -0.15) is 0 Å². The van der Waals surface area contributed by atoms with Gasteiger partial charge in [-0.1, -0.05) is 46.9 Å². The molecule has 3 spiro atoms. The molecule has 0 saturated carbocycles. The first-order valence-corrected chi connectivity index (χ1v) is 32.0. The number of carbonyl (C=O) groups excluding carboxylic acids is 1. The fourth-order valence-electron chi connectivity index (χ4n) is 18.6. The van der Waals surface area contributed by atoms with Crippen LogP contribution in [-0.4, -0.2) is 204 Å². The van der Waals surface area contributed by atoms with Crippen LogP contribution in [-0.2, 0) is 80.6 Å². The van der Waals surface area contributed by atoms with Gasteiger partial charge in [-0.25, -0.2) is 0 Å². The quantitative estimate of drug-likeness (QED) is 0.213. The zero-order valence-electron chi connectivity index (χ0n) is 48.8. The van der Waals surface area contributed by atoms with Crippen molar-refractivity contribution in [2.75, 3.05) is 13.2 Å². The number of hydrogen-bond donors (Lipinski definition) is 3. The third-order valence-electron chi connectivity index (χ3n) is 22.4. The van der Waals surface area contributed by atoms with Crippen LogP contribution in [0.4, 0.5) is 0 Å². The van der Waals surface area contributed by atoms with Gasteiger partial charge in [0.15, 0.2) is 17.4 Å². The molecule has 3 N–H and O–H groups in total. The summed E-state index contributed by atoms with van der Waals surface area (Å²) in [6.45, 7) is 21.6. The Morgan fingerprint density at radius 3 is 2.13 bits per heavy atom. The molecule has 16 rings (SSSR count). The maximum atomic E-state index is 14.7. The molecule has 0 aromatic rings. The van der Waals surface area contributed by atoms with Crippen LogP contribution >= 0.6 is 0 Å². The van der Waals surface area contributed by atoms with Crippen molar-refractivity contribution in [2.24, 2.45) is 23.7 Å². The van der Waals surface area contributed by atoms with E-state index >= 15 is 0 Å². The standard InChI is InChI=1S/C63H90O20/c1-8-15-68-63-28-60-14-13-38-17-30(3)40(69-38)11-9-36-16-29(2)33(6)42(70-36)20-45-54(76-50(67)19-37-10-12-41-55(71-37)56(81-60)57(82-63)58(73-41)59(63)83-60)34(7)53-46(72-45)22-44-48(75-53)25-62(77-44)26-49-52(80-62)32(5)24-61(79-49)23-31(4)51-47(78-61)21-43(74-51)39(66)18-35(65)27-64/h8,29,31-32,34-49,51-59,64-66H,1,3,6,9-28H2,2,4-5,7H3/t29-,31+,32+,34+,35-,36+,37-,38+,39+,40?,41+,42?,43+,44-,45+,46+,47+,48-,49+,51+,52+,53+,54-,55+,56+,57+,58?,59+,60-,61?,62+,63?/m1/s1. The highest BCUT2D eigenvalue weighted by Gasteiger charge is 2.76. The smallest absolute Gasteiger partial charge is 0.308 e. The van der Waals surface area contributed by atoms with Gasteiger partial charge >= 0.3 is 5.97 Å². The normalized spacial score (nSPS) is 55.9. The number of aliphatic hydroxyl groups excluding tert-OH is 3. The molecule has 16 heterocycles. The highest BCUT2D eigenvalue weighted by Crippen LogP contribution is 2.60. The fourth-order valence-corrected chi connectivity index (χ4v) is 18.6. The molecule has 0 aromatic carbocycles. The average Bonchev–Trinajstić information content (AvgIpc) is 4.29. The molecule has 83 heavy (non-hydrogen) atoms. The maximum absolute atomic E-state index is 14.7. The first-order chi connectivity index (χ1) is 39.9. The lowest BCUT2D eigenvalue weighted by Crippen LogP contribution is -2.62. The molecule has 0 amide bonds. The van der Waals surface area contributed by atoms with E-state index in [1.165, 1.54) is 0 Å². The van der Waals surface area contributed by atoms with Crippen LogP contribution in [0, 0.1) is 23.7 Å². The Morgan fingerprint density at radius 1 is 0.590 bits per heavy atom. The minimum Gasteiger partial charge on any atom is -0.459 e. The molecule has 0 aliphatic carbocycles. The summed E-state index contributed by atoms with van der Waals surface area (Å²) in [6, 6.07) is 0. The van der Waals surface area contributed by atoms with Crippen molar-refractivity contribution in [2.45, 2.75) is 313 Å². The highest BCUT2D eigenvalue weighted by atomic mass is 16.8. The summed E-state index contributed by atoms with van der Waals surface area (Å²) >= 11 is 0. The average molecular weight is 1170 g/mol. The van der Waals surface area contributed by atoms with Crippen LogP contribution < -0.4 is 0 Å². The van der Waals surface area contributed by atoms with Gasteiger partial charge in [0.25, 0.3) is 0 Å². The van der Waals surface area contributed by atoms with Crippen LogP contribution in [0.15, 0.2) is 37.0 Å². The van der Waals surface area contributed by atoms with E-state index in [1.807, 2.05) is 0 Å². The number of esters is 1. The zero-order valence-corrected chi connectivity index (χ0v) is 48.8. The van der Waals surface area contributed by atoms with Gasteiger partial charge in [-0.3, -0.25) is 4.79 Å². The van der Waals surface area contributed by atoms with Gasteiger partial charge in [0.2, 0.25) is 5.79 Å². The zero-order chi connectivity index (χ0) is 57.1. The SMILES string of the molecule is C=CCOC12C[C@]34CC[C@H]5CC(=C)C(CC[C@H]6C[C@@H](C)C(=C)C(C[C@@H]7O[C@H]8C[C@H]9O[C@@]%10(C[C@@H]%11OC%12(C[C@H](C)[C@@H]%13O[C@H]([C@@H](O)C[C@@H](O)CO)C[C@@H]%13O%12)C[C@H](C)[C@@H]%11O%10)C[C@H]9O[C@H]8[C@H](C)[C@H]7OC(=O)C[C@H]7CC[C@@H]8OC([C@@H](O1)[C@@H](O3)[C@H]8O7)[C@@H]2O4)O6)O5. The Hall–Kier alpha value is -2.03. The second-order valence-corrected chi connectivity index (χ2v) is 28.3. The van der Waals surface area contributed by atoms with Gasteiger partial charge in [0.1, 0.15) is 36.6 Å². The molecular formula is C63H90O20. The molecule has 20 nitrogen and oxygen atoms in total. The van der Waals surface area contributed by atoms with Crippen molar-refractivity contribution in [3.8, 4) is 0 Å². The summed E-state index contributed by atoms with van der Waals surface area (Å²) in [5.74, 6) is -4.14. The summed E-state index contributed by atoms with van der Waals surface area (Å²) in [7, 11) is 0. The summed E-state index contributed by atoms with van der Waals surface area (Å²) in [5.41, 5.74) is 2.11. The molecule has 16 fully saturated rings. The van der Waals surface area contributed by atoms with Crippen molar-refractivity contribution in [3.63, 3.8) is 0 Å². The van der Waals surface area contributed by atoms with E-state index in [0.29, 0.717) is 77.0 Å². The van der Waals surface area contributed by atoms with Gasteiger partial charge in [-0.05, 0) is 73.8 Å². The van der Waals surface area contributed by atoms with Crippen LogP contribution in [0.2, 0.25) is 0 Å². The molecule has 20 heteroatoms. The first-order valence-electron chi connectivity index (χ1n) is 32.0. The maximum Gasteiger partial charge on any atom is 0.308 e. The van der Waals surface area contributed by atoms with Gasteiger partial charge in [0, 0.05) is 63.7 Å². The Bertz CT molecular complexity index is 2480. The number of aliphatic hydroxyl groups is 3. The lowest BCUT2D eigenvalue weighted by molar-refractivity contribution is -0.347. The van der Waals surface area contributed by atoms with Crippen molar-refractivity contribution in [3.05, 3.63) is 37.0 Å². The topological polar surface area (TPSA) is 225 Å². The minimum atomic E-state index is -1.07. The van der Waals surface area contributed by atoms with Crippen LogP contribution in [0.3, 0.4) is 0 Å². The number of fused-ring (bicyclic) bond motifs is 10. The second-order valence-electron chi connectivity index (χ2n) is 28.3. The van der Waals surface area contributed by atoms with Crippen molar-refractivity contribution in [1.29, 1.82) is 0 Å². The van der Waals surface area contributed by atoms with E-state index in [-0.39, 0.29) is 122 Å². The Balaban J connectivity index is 0.660. The van der Waals surface area contributed by atoms with E-state index in [0.717, 1.165) is 36.8 Å². The third-order valence-corrected chi connectivity index (χ3v) is 22.4. The van der Waals surface area contributed by atoms with E-state index in [2.05, 4.69) is 47.4 Å². The monoisotopic (exact) mass is 1170 g/mol. The van der Waals surface area contributed by atoms with Crippen LogP contribution in [0.1, 0.15) is 143 Å². The van der Waals surface area contributed by atoms with Gasteiger partial charge in [-0.15, -0.1) is 6.58 Å². The van der Waals surface area contributed by atoms with Gasteiger partial charge < -0.3 is 91.1 Å². The van der Waals surface area contributed by atoms with Crippen LogP contribution in [0.25, 0.3) is 0 Å². The van der Waals surface area contributed by atoms with E-state index in [4.69, 9.17) is 75.8 Å². The predicted molar refractivity (Wildman–Crippen MR) is 289 cm³/mol. The lowest BCUT2D eigenvalue weighted by atomic mass is 9.79. The molecule has 16 aliphatic heterocycles. The number of hydrogen-bond acceptors (Lipinski definition) is 20. The van der Waals surface area contributed by atoms with E-state index < -0.39 is 103 Å². The fraction of sp³-hybridized carbons (Fsp3) is 0.889. The second kappa shape index (κ2) is 21.6. The third kappa shape index (κ3) is 10.0. The number of rotatable bonds is 7. The number of carbonyl (C=O) groups is 1. The minimum absolute atomic E-state index is 0.0273. The first kappa shape index (κ1) is 57.4. The van der Waals surface area contributed by atoms with Crippen molar-refractivity contribution in [1.82, 2.24) is 0 Å². The molecule has 5 unspecified atom stereocenters. The number of ether oxygens (including phenoxy) is 16. The van der Waals surface area contributed by atoms with Gasteiger partial charge in [0.05, 0.1) is 136 Å². The summed E-state index contributed by atoms with van der Waals surface area (Å²) in [5, 5.41) is 30.4. The predicted octanol–water partition coefficient (Wildman–Crippen LogP) is 5.46. The summed E-state index contributed by atoms with van der Waals surface area (Å²) in [6.07, 6.45) is 1.85. The summed E-state index contributed by atoms with van der Waals surface area (Å²) < 4.78 is 111. The molecule has 16 aliphatic rings. The molecule has 462 valence electrons. The molecule has 12 bridgehead atoms.